The quantitative estimate of drug-likeness (QED) is 0.650. The number of ether oxygens (including phenoxy) is 2. The molecule has 0 aliphatic heterocycles. The Morgan fingerprint density at radius 1 is 1.45 bits per heavy atom. The molecule has 1 unspecified atom stereocenters. The van der Waals surface area contributed by atoms with Crippen LogP contribution in [-0.4, -0.2) is 38.8 Å². The second-order valence-electron chi connectivity index (χ2n) is 7.03. The molecule has 0 spiro atoms. The summed E-state index contributed by atoms with van der Waals surface area (Å²) in [7, 11) is 0. The maximum atomic E-state index is 11.6. The predicted molar refractivity (Wildman–Crippen MR) is 111 cm³/mol. The number of halogens is 2. The van der Waals surface area contributed by atoms with Gasteiger partial charge in [-0.15, -0.1) is 5.10 Å². The summed E-state index contributed by atoms with van der Waals surface area (Å²) in [5.41, 5.74) is 0.661. The number of hydrogen-bond acceptors (Lipinski definition) is 6. The molecule has 1 atom stereocenters. The van der Waals surface area contributed by atoms with Crippen LogP contribution in [0.4, 0.5) is 4.79 Å². The van der Waals surface area contributed by atoms with Gasteiger partial charge in [0.2, 0.25) is 5.88 Å². The van der Waals surface area contributed by atoms with Gasteiger partial charge >= 0.3 is 6.09 Å². The number of pyridine rings is 1. The van der Waals surface area contributed by atoms with Crippen molar-refractivity contribution in [3.8, 4) is 5.88 Å². The van der Waals surface area contributed by atoms with Crippen LogP contribution < -0.4 is 20.8 Å². The number of nitrogens with zero attached hydrogens (tertiary/aromatic N) is 4. The molecule has 1 N–H and O–H groups in total. The first-order valence-electron chi connectivity index (χ1n) is 9.56. The minimum atomic E-state index is -0.505. The highest BCUT2D eigenvalue weighted by molar-refractivity contribution is 9.15. The number of nitrogens with one attached hydrogen (secondary N) is 1. The second-order valence-corrected chi connectivity index (χ2v) is 8.33. The molecule has 2 aliphatic rings. The summed E-state index contributed by atoms with van der Waals surface area (Å²) in [4.78, 5) is 15.9. The summed E-state index contributed by atoms with van der Waals surface area (Å²) in [5.74, 6) is 1.12. The smallest absolute Gasteiger partial charge is 0.407 e. The van der Waals surface area contributed by atoms with Gasteiger partial charge in [-0.05, 0) is 47.7 Å². The number of carbonyl (C=O) groups is 1. The monoisotopic (exact) mass is 481 g/mol. The van der Waals surface area contributed by atoms with Gasteiger partial charge in [-0.2, -0.15) is 0 Å². The van der Waals surface area contributed by atoms with E-state index in [0.29, 0.717) is 29.5 Å². The van der Waals surface area contributed by atoms with Crippen LogP contribution in [0.15, 0.2) is 12.3 Å². The molecule has 0 saturated heterocycles. The molecule has 29 heavy (non-hydrogen) atoms. The van der Waals surface area contributed by atoms with Crippen LogP contribution in [0.1, 0.15) is 31.7 Å². The van der Waals surface area contributed by atoms with E-state index >= 15 is 0 Å². The molecule has 2 aromatic heterocycles. The number of fused-ring (bicyclic) bond motifs is 1. The molecule has 0 aromatic carbocycles. The Hall–Kier alpha value is -2.13. The van der Waals surface area contributed by atoms with Crippen LogP contribution in [-0.2, 0) is 17.8 Å². The molecule has 2 heterocycles. The first kappa shape index (κ1) is 20.2. The third kappa shape index (κ3) is 4.72. The molecule has 1 amide bonds. The number of amides is 1. The van der Waals surface area contributed by atoms with Crippen LogP contribution in [0.3, 0.4) is 0 Å². The third-order valence-corrected chi connectivity index (χ3v) is 5.87. The maximum Gasteiger partial charge on any atom is 0.407 e. The fourth-order valence-corrected chi connectivity index (χ4v) is 3.88. The van der Waals surface area contributed by atoms with E-state index in [2.05, 4.69) is 42.6 Å². The van der Waals surface area contributed by atoms with Gasteiger partial charge in [-0.25, -0.2) is 14.5 Å². The molecule has 0 radical (unpaired) electrons. The van der Waals surface area contributed by atoms with E-state index in [1.165, 1.54) is 19.0 Å². The van der Waals surface area contributed by atoms with Crippen molar-refractivity contribution < 1.29 is 14.3 Å². The Morgan fingerprint density at radius 3 is 3.03 bits per heavy atom. The van der Waals surface area contributed by atoms with E-state index in [1.54, 1.807) is 13.0 Å². The second kappa shape index (κ2) is 8.71. The number of rotatable bonds is 7. The third-order valence-electron chi connectivity index (χ3n) is 4.78. The van der Waals surface area contributed by atoms with Crippen molar-refractivity contribution in [2.24, 2.45) is 5.92 Å². The SMILES string of the molecule is CCOC(=O)NCc1cc(Cl)cnc1OC1CC=c2c(nnn2CC2CC2)=C1Br. The lowest BCUT2D eigenvalue weighted by molar-refractivity contribution is 0.151. The zero-order valence-corrected chi connectivity index (χ0v) is 18.2. The normalized spacial score (nSPS) is 18.0. The molecular weight excluding hydrogens is 462 g/mol. The van der Waals surface area contributed by atoms with E-state index in [1.807, 2.05) is 4.68 Å². The topological polar surface area (TPSA) is 91.2 Å². The first-order chi connectivity index (χ1) is 14.0. The van der Waals surface area contributed by atoms with Crippen LogP contribution in [0, 0.1) is 5.92 Å². The zero-order valence-electron chi connectivity index (χ0n) is 15.9. The van der Waals surface area contributed by atoms with E-state index in [9.17, 15) is 4.79 Å². The molecule has 0 bridgehead atoms. The summed E-state index contributed by atoms with van der Waals surface area (Å²) < 4.78 is 13.9. The van der Waals surface area contributed by atoms with Crippen molar-refractivity contribution in [1.29, 1.82) is 0 Å². The number of hydrogen-bond donors (Lipinski definition) is 1. The highest BCUT2D eigenvalue weighted by Crippen LogP contribution is 2.30. The van der Waals surface area contributed by atoms with Crippen molar-refractivity contribution in [2.75, 3.05) is 6.61 Å². The van der Waals surface area contributed by atoms with Gasteiger partial charge < -0.3 is 14.8 Å². The van der Waals surface area contributed by atoms with Gasteiger partial charge in [0, 0.05) is 24.7 Å². The van der Waals surface area contributed by atoms with Gasteiger partial charge in [0.1, 0.15) is 11.5 Å². The van der Waals surface area contributed by atoms with Crippen molar-refractivity contribution in [3.63, 3.8) is 0 Å². The Labute approximate surface area is 181 Å². The van der Waals surface area contributed by atoms with Crippen LogP contribution >= 0.6 is 27.5 Å². The number of alkyl carbamates (subject to hydrolysis) is 1. The van der Waals surface area contributed by atoms with Crippen molar-refractivity contribution in [1.82, 2.24) is 25.3 Å². The highest BCUT2D eigenvalue weighted by atomic mass is 79.9. The maximum absolute atomic E-state index is 11.6. The standard InChI is InChI=1S/C19H21BrClN5O3/c1-2-28-19(27)23-8-12-7-13(21)9-22-18(12)29-15-6-5-14-17(16(15)20)24-25-26(14)10-11-3-4-11/h5,7,9,11,15H,2-4,6,8,10H2,1H3,(H,23,27). The lowest BCUT2D eigenvalue weighted by Crippen LogP contribution is -2.39. The number of carbonyl (C=O) groups excluding carboxylic acids is 1. The van der Waals surface area contributed by atoms with E-state index < -0.39 is 6.09 Å². The fraction of sp³-hybridized carbons (Fsp3) is 0.474. The van der Waals surface area contributed by atoms with Crippen LogP contribution in [0.5, 0.6) is 5.88 Å². The largest absolute Gasteiger partial charge is 0.468 e. The summed E-state index contributed by atoms with van der Waals surface area (Å²) >= 11 is 9.72. The molecular formula is C19H21BrClN5O3. The van der Waals surface area contributed by atoms with Gasteiger partial charge in [0.05, 0.1) is 28.0 Å². The van der Waals surface area contributed by atoms with E-state index in [-0.39, 0.29) is 12.6 Å². The van der Waals surface area contributed by atoms with Crippen molar-refractivity contribution >= 4 is 44.2 Å². The minimum Gasteiger partial charge on any atom is -0.468 e. The minimum absolute atomic E-state index is 0.193. The molecule has 1 fully saturated rings. The van der Waals surface area contributed by atoms with Crippen molar-refractivity contribution in [3.05, 3.63) is 33.5 Å². The summed E-state index contributed by atoms with van der Waals surface area (Å²) in [6.07, 6.45) is 5.99. The summed E-state index contributed by atoms with van der Waals surface area (Å²) in [6, 6.07) is 1.72. The zero-order chi connectivity index (χ0) is 20.4. The van der Waals surface area contributed by atoms with Gasteiger partial charge in [-0.3, -0.25) is 0 Å². The first-order valence-corrected chi connectivity index (χ1v) is 10.7. The molecule has 1 saturated carbocycles. The lowest BCUT2D eigenvalue weighted by Gasteiger charge is -2.20. The summed E-state index contributed by atoms with van der Waals surface area (Å²) in [5, 5.41) is 13.6. The fourth-order valence-electron chi connectivity index (χ4n) is 3.13. The molecule has 4 rings (SSSR count). The molecule has 8 nitrogen and oxygen atoms in total. The Balaban J connectivity index is 1.53. The molecule has 2 aromatic rings. The highest BCUT2D eigenvalue weighted by Gasteiger charge is 2.26. The van der Waals surface area contributed by atoms with Gasteiger partial charge in [0.15, 0.2) is 0 Å². The molecule has 154 valence electrons. The van der Waals surface area contributed by atoms with E-state index in [4.69, 9.17) is 21.1 Å². The predicted octanol–water partition coefficient (Wildman–Crippen LogP) is 2.12. The van der Waals surface area contributed by atoms with Gasteiger partial charge in [-0.1, -0.05) is 22.9 Å². The molecule has 2 aliphatic carbocycles. The van der Waals surface area contributed by atoms with Crippen molar-refractivity contribution in [2.45, 2.75) is 45.4 Å². The van der Waals surface area contributed by atoms with E-state index in [0.717, 1.165) is 27.6 Å². The Kier molecular flexibility index (Phi) is 6.05. The Bertz CT molecular complexity index is 1040. The van der Waals surface area contributed by atoms with Crippen LogP contribution in [0.25, 0.3) is 10.6 Å². The lowest BCUT2D eigenvalue weighted by atomic mass is 10.1. The average Bonchev–Trinajstić information content (AvgIpc) is 3.42. The average molecular weight is 483 g/mol. The Morgan fingerprint density at radius 2 is 2.28 bits per heavy atom. The summed E-state index contributed by atoms with van der Waals surface area (Å²) in [6.45, 7) is 3.15. The van der Waals surface area contributed by atoms with Crippen LogP contribution in [0.2, 0.25) is 5.02 Å². The molecule has 10 heteroatoms. The van der Waals surface area contributed by atoms with Gasteiger partial charge in [0.25, 0.3) is 0 Å². The number of aromatic nitrogens is 4.